The first-order valence-electron chi connectivity index (χ1n) is 6.00. The molecule has 104 valence electrons. The lowest BCUT2D eigenvalue weighted by Crippen LogP contribution is -2.47. The van der Waals surface area contributed by atoms with Crippen LogP contribution in [0.25, 0.3) is 0 Å². The van der Waals surface area contributed by atoms with Crippen LogP contribution < -0.4 is 5.73 Å². The van der Waals surface area contributed by atoms with Crippen molar-refractivity contribution >= 4 is 16.0 Å². The molecule has 0 aliphatic carbocycles. The first-order valence-corrected chi connectivity index (χ1v) is 8.17. The van der Waals surface area contributed by atoms with E-state index in [1.165, 1.54) is 6.07 Å². The summed E-state index contributed by atoms with van der Waals surface area (Å²) < 4.78 is 16.6. The van der Waals surface area contributed by atoms with Gasteiger partial charge in [-0.05, 0) is 30.8 Å². The standard InChI is InChI=1S/C13H18FN3OS/c1-13(2)12(15)16-11(8-19(13,3)17-18)9-6-4-5-7-10(9)14/h4-7,11H,8H2,1-3H3,(H2,15,16). The van der Waals surface area contributed by atoms with Crippen LogP contribution in [0.3, 0.4) is 0 Å². The lowest BCUT2D eigenvalue weighted by atomic mass is 10.1. The SMILES string of the molecule is CC1(C)C(N)=NC(c2ccccc2F)CS1(C)N=O. The van der Waals surface area contributed by atoms with Gasteiger partial charge in [0.05, 0.1) is 10.8 Å². The van der Waals surface area contributed by atoms with Crippen molar-refractivity contribution in [3.8, 4) is 0 Å². The van der Waals surface area contributed by atoms with Crippen molar-refractivity contribution < 1.29 is 4.39 Å². The van der Waals surface area contributed by atoms with E-state index >= 15 is 0 Å². The second kappa shape index (κ2) is 4.59. The number of aliphatic imine (C=N–C) groups is 1. The number of nitroso groups, excluding NO2 is 1. The van der Waals surface area contributed by atoms with Crippen LogP contribution in [-0.4, -0.2) is 22.6 Å². The Bertz CT molecular complexity index is 546. The average Bonchev–Trinajstić information content (AvgIpc) is 2.36. The molecule has 2 unspecified atom stereocenters. The minimum Gasteiger partial charge on any atom is -0.386 e. The fourth-order valence-corrected chi connectivity index (χ4v) is 4.17. The van der Waals surface area contributed by atoms with E-state index in [0.29, 0.717) is 17.2 Å². The zero-order valence-corrected chi connectivity index (χ0v) is 12.1. The highest BCUT2D eigenvalue weighted by Gasteiger charge is 2.46. The predicted octanol–water partition coefficient (Wildman–Crippen LogP) is 3.13. The molecule has 0 aromatic heterocycles. The molecule has 2 N–H and O–H groups in total. The molecular formula is C13H18FN3OS. The van der Waals surface area contributed by atoms with Crippen LogP contribution in [0.2, 0.25) is 0 Å². The van der Waals surface area contributed by atoms with Gasteiger partial charge in [0.25, 0.3) is 0 Å². The van der Waals surface area contributed by atoms with Crippen LogP contribution in [-0.2, 0) is 0 Å². The Labute approximate surface area is 113 Å². The van der Waals surface area contributed by atoms with Crippen molar-refractivity contribution in [2.24, 2.45) is 15.3 Å². The molecule has 1 aliphatic rings. The summed E-state index contributed by atoms with van der Waals surface area (Å²) in [5.74, 6) is 0.492. The number of nitrogens with zero attached hydrogens (tertiary/aromatic N) is 2. The molecule has 1 heterocycles. The molecule has 4 nitrogen and oxygen atoms in total. The molecule has 1 aromatic rings. The van der Waals surface area contributed by atoms with Gasteiger partial charge in [-0.1, -0.05) is 28.4 Å². The maximum atomic E-state index is 13.8. The molecular weight excluding hydrogens is 265 g/mol. The van der Waals surface area contributed by atoms with Gasteiger partial charge in [0.1, 0.15) is 11.7 Å². The maximum absolute atomic E-state index is 13.8. The zero-order valence-electron chi connectivity index (χ0n) is 11.3. The van der Waals surface area contributed by atoms with E-state index in [-0.39, 0.29) is 5.82 Å². The fraction of sp³-hybridized carbons (Fsp3) is 0.462. The highest BCUT2D eigenvalue weighted by Crippen LogP contribution is 2.61. The predicted molar refractivity (Wildman–Crippen MR) is 79.0 cm³/mol. The van der Waals surface area contributed by atoms with Gasteiger partial charge in [-0.15, -0.1) is 4.91 Å². The Morgan fingerprint density at radius 1 is 1.47 bits per heavy atom. The maximum Gasteiger partial charge on any atom is 0.128 e. The van der Waals surface area contributed by atoms with Crippen molar-refractivity contribution in [2.75, 3.05) is 12.0 Å². The van der Waals surface area contributed by atoms with Gasteiger partial charge >= 0.3 is 0 Å². The van der Waals surface area contributed by atoms with Gasteiger partial charge in [0, 0.05) is 11.3 Å². The molecule has 0 bridgehead atoms. The largest absolute Gasteiger partial charge is 0.386 e. The van der Waals surface area contributed by atoms with Crippen LogP contribution in [0, 0.1) is 10.7 Å². The third-order valence-corrected chi connectivity index (χ3v) is 7.62. The van der Waals surface area contributed by atoms with Crippen molar-refractivity contribution in [3.63, 3.8) is 0 Å². The summed E-state index contributed by atoms with van der Waals surface area (Å²) in [7, 11) is -1.87. The molecule has 0 radical (unpaired) electrons. The summed E-state index contributed by atoms with van der Waals surface area (Å²) in [6.45, 7) is 3.75. The second-order valence-electron chi connectivity index (χ2n) is 5.34. The lowest BCUT2D eigenvalue weighted by Gasteiger charge is -2.47. The van der Waals surface area contributed by atoms with Crippen molar-refractivity contribution in [3.05, 3.63) is 40.6 Å². The number of hydrogen-bond acceptors (Lipinski definition) is 4. The summed E-state index contributed by atoms with van der Waals surface area (Å²) in [6.07, 6.45) is 1.83. The first kappa shape index (κ1) is 14.0. The van der Waals surface area contributed by atoms with Gasteiger partial charge < -0.3 is 5.73 Å². The molecule has 1 aromatic carbocycles. The van der Waals surface area contributed by atoms with Crippen LogP contribution in [0.5, 0.6) is 0 Å². The summed E-state index contributed by atoms with van der Waals surface area (Å²) in [6, 6.07) is 6.03. The van der Waals surface area contributed by atoms with Crippen molar-refractivity contribution in [1.82, 2.24) is 0 Å². The Hall–Kier alpha value is -1.43. The molecule has 0 fully saturated rings. The van der Waals surface area contributed by atoms with E-state index < -0.39 is 21.0 Å². The molecule has 2 atom stereocenters. The van der Waals surface area contributed by atoms with Crippen LogP contribution in [0.15, 0.2) is 33.8 Å². The number of nitrogens with two attached hydrogens (primary N) is 1. The van der Waals surface area contributed by atoms with E-state index in [4.69, 9.17) is 5.73 Å². The summed E-state index contributed by atoms with van der Waals surface area (Å²) in [5, 5.41) is 0. The highest BCUT2D eigenvalue weighted by atomic mass is 32.3. The highest BCUT2D eigenvalue weighted by molar-refractivity contribution is 8.33. The zero-order chi connectivity index (χ0) is 14.3. The third kappa shape index (κ3) is 2.14. The summed E-state index contributed by atoms with van der Waals surface area (Å²) >= 11 is 0. The van der Waals surface area contributed by atoms with E-state index in [9.17, 15) is 9.30 Å². The van der Waals surface area contributed by atoms with Crippen molar-refractivity contribution in [1.29, 1.82) is 0 Å². The molecule has 0 amide bonds. The van der Waals surface area contributed by atoms with E-state index in [0.717, 1.165) is 0 Å². The van der Waals surface area contributed by atoms with Gasteiger partial charge in [-0.3, -0.25) is 4.99 Å². The third-order valence-electron chi connectivity index (χ3n) is 3.92. The van der Waals surface area contributed by atoms with E-state index in [1.54, 1.807) is 18.2 Å². The van der Waals surface area contributed by atoms with Crippen LogP contribution in [0.1, 0.15) is 25.5 Å². The second-order valence-corrected chi connectivity index (χ2v) is 8.93. The topological polar surface area (TPSA) is 67.8 Å². The van der Waals surface area contributed by atoms with Crippen molar-refractivity contribution in [2.45, 2.75) is 24.6 Å². The molecule has 1 aliphatic heterocycles. The number of amidine groups is 1. The van der Waals surface area contributed by atoms with Gasteiger partial charge in [-0.25, -0.2) is 4.39 Å². The van der Waals surface area contributed by atoms with Gasteiger partial charge in [-0.2, -0.15) is 0 Å². The lowest BCUT2D eigenvalue weighted by molar-refractivity contribution is 0.592. The minimum absolute atomic E-state index is 0.323. The Morgan fingerprint density at radius 2 is 2.11 bits per heavy atom. The molecule has 2 rings (SSSR count). The number of hydrogen-bond donors (Lipinski definition) is 1. The number of halogens is 1. The summed E-state index contributed by atoms with van der Waals surface area (Å²) in [4.78, 5) is 15.7. The molecule has 0 saturated carbocycles. The smallest absolute Gasteiger partial charge is 0.128 e. The minimum atomic E-state index is -1.87. The number of benzene rings is 1. The Kier molecular flexibility index (Phi) is 3.38. The van der Waals surface area contributed by atoms with E-state index in [1.807, 2.05) is 20.1 Å². The quantitative estimate of drug-likeness (QED) is 0.847. The average molecular weight is 283 g/mol. The van der Waals surface area contributed by atoms with Gasteiger partial charge in [0.15, 0.2) is 0 Å². The molecule has 0 spiro atoms. The Morgan fingerprint density at radius 3 is 2.68 bits per heavy atom. The van der Waals surface area contributed by atoms with E-state index in [2.05, 4.69) is 9.57 Å². The van der Waals surface area contributed by atoms with Crippen LogP contribution >= 0.6 is 10.2 Å². The fourth-order valence-electron chi connectivity index (χ4n) is 2.13. The van der Waals surface area contributed by atoms with Crippen LogP contribution in [0.4, 0.5) is 4.39 Å². The monoisotopic (exact) mass is 283 g/mol. The molecule has 0 saturated heterocycles. The Balaban J connectivity index is 2.50. The first-order chi connectivity index (χ1) is 8.82. The normalized spacial score (nSPS) is 33.1. The molecule has 6 heteroatoms. The number of rotatable bonds is 2. The van der Waals surface area contributed by atoms with Gasteiger partial charge in [0.2, 0.25) is 0 Å². The molecule has 19 heavy (non-hydrogen) atoms. The summed E-state index contributed by atoms with van der Waals surface area (Å²) in [5.41, 5.74) is 6.47.